The molecule has 72 valence electrons. The molecule has 12 heavy (non-hydrogen) atoms. The minimum absolute atomic E-state index is 0.187. The number of rotatable bonds is 5. The number of hydrogen-bond donors (Lipinski definition) is 4. The number of aliphatic hydroxyl groups is 4. The maximum Gasteiger partial charge on any atom is 0.148 e. The van der Waals surface area contributed by atoms with Crippen LogP contribution in [0.3, 0.4) is 0 Å². The third-order valence-corrected chi connectivity index (χ3v) is 1.60. The zero-order chi connectivity index (χ0) is 10.4. The lowest BCUT2D eigenvalue weighted by Crippen LogP contribution is -2.40. The van der Waals surface area contributed by atoms with Crippen LogP contribution >= 0.6 is 0 Å². The molecule has 0 amide bonds. The SMILES string of the molecule is [2H]C[C@@H]([C@@H](O)[C@H](O)CO)[C@@H](O)C=O. The van der Waals surface area contributed by atoms with Crippen LogP contribution in [0, 0.1) is 5.92 Å². The van der Waals surface area contributed by atoms with Crippen LogP contribution in [0.5, 0.6) is 0 Å². The third kappa shape index (κ3) is 2.86. The Kier molecular flexibility index (Phi) is 4.16. The van der Waals surface area contributed by atoms with Crippen molar-refractivity contribution in [3.05, 3.63) is 0 Å². The summed E-state index contributed by atoms with van der Waals surface area (Å²) in [5.41, 5.74) is 0. The molecule has 0 aliphatic rings. The fourth-order valence-corrected chi connectivity index (χ4v) is 0.696. The molecule has 0 saturated heterocycles. The van der Waals surface area contributed by atoms with Gasteiger partial charge in [0.2, 0.25) is 0 Å². The van der Waals surface area contributed by atoms with E-state index < -0.39 is 37.7 Å². The molecule has 0 aliphatic carbocycles. The fraction of sp³-hybridized carbons (Fsp3) is 0.857. The third-order valence-electron chi connectivity index (χ3n) is 1.60. The lowest BCUT2D eigenvalue weighted by molar-refractivity contribution is -0.123. The Bertz CT molecular complexity index is 154. The number of aldehydes is 1. The highest BCUT2D eigenvalue weighted by Gasteiger charge is 2.27. The van der Waals surface area contributed by atoms with Gasteiger partial charge in [0.1, 0.15) is 18.5 Å². The molecule has 0 aromatic rings. The monoisotopic (exact) mass is 179 g/mol. The lowest BCUT2D eigenvalue weighted by Gasteiger charge is -2.23. The van der Waals surface area contributed by atoms with E-state index in [1.54, 1.807) is 0 Å². The van der Waals surface area contributed by atoms with Gasteiger partial charge in [-0.3, -0.25) is 0 Å². The van der Waals surface area contributed by atoms with E-state index in [-0.39, 0.29) is 6.29 Å². The van der Waals surface area contributed by atoms with E-state index in [1.165, 1.54) is 0 Å². The largest absolute Gasteiger partial charge is 0.394 e. The van der Waals surface area contributed by atoms with Crippen LogP contribution in [0.4, 0.5) is 0 Å². The Hall–Kier alpha value is -0.490. The van der Waals surface area contributed by atoms with Gasteiger partial charge in [0.25, 0.3) is 0 Å². The maximum atomic E-state index is 10.1. The van der Waals surface area contributed by atoms with Gasteiger partial charge in [-0.25, -0.2) is 0 Å². The van der Waals surface area contributed by atoms with Crippen molar-refractivity contribution in [1.82, 2.24) is 0 Å². The summed E-state index contributed by atoms with van der Waals surface area (Å²) < 4.78 is 6.92. The molecule has 0 radical (unpaired) electrons. The van der Waals surface area contributed by atoms with Crippen LogP contribution in [0.25, 0.3) is 0 Å². The van der Waals surface area contributed by atoms with E-state index in [4.69, 9.17) is 16.7 Å². The van der Waals surface area contributed by atoms with Crippen molar-refractivity contribution < 1.29 is 26.6 Å². The van der Waals surface area contributed by atoms with Gasteiger partial charge >= 0.3 is 0 Å². The van der Waals surface area contributed by atoms with Crippen molar-refractivity contribution in [3.8, 4) is 0 Å². The minimum Gasteiger partial charge on any atom is -0.394 e. The highest BCUT2D eigenvalue weighted by atomic mass is 16.4. The standard InChI is InChI=1S/C7H14O5/c1-4(5(10)2-8)7(12)6(11)3-9/h2,4-7,9-12H,3H2,1H3/t4-,5+,6-,7-/m1/s1/i1D. The lowest BCUT2D eigenvalue weighted by atomic mass is 9.95. The Labute approximate surface area is 71.7 Å². The first-order valence-corrected chi connectivity index (χ1v) is 3.48. The van der Waals surface area contributed by atoms with E-state index in [0.717, 1.165) is 0 Å². The van der Waals surface area contributed by atoms with Crippen LogP contribution < -0.4 is 0 Å². The average molecular weight is 179 g/mol. The zero-order valence-corrected chi connectivity index (χ0v) is 6.50. The molecule has 0 spiro atoms. The molecule has 0 aliphatic heterocycles. The van der Waals surface area contributed by atoms with Crippen molar-refractivity contribution >= 4 is 6.29 Å². The molecule has 4 atom stereocenters. The van der Waals surface area contributed by atoms with Crippen LogP contribution in [-0.2, 0) is 4.79 Å². The molecule has 4 N–H and O–H groups in total. The number of hydrogen-bond acceptors (Lipinski definition) is 5. The normalized spacial score (nSPS) is 22.2. The summed E-state index contributed by atoms with van der Waals surface area (Å²) in [6.45, 7) is -1.08. The van der Waals surface area contributed by atoms with Gasteiger partial charge in [-0.05, 0) is 0 Å². The molecule has 0 fully saturated rings. The van der Waals surface area contributed by atoms with Gasteiger partial charge in [0, 0.05) is 7.29 Å². The predicted molar refractivity (Wildman–Crippen MR) is 40.3 cm³/mol. The smallest absolute Gasteiger partial charge is 0.148 e. The first kappa shape index (κ1) is 9.60. The molecule has 5 nitrogen and oxygen atoms in total. The number of carbonyl (C=O) groups excluding carboxylic acids is 1. The topological polar surface area (TPSA) is 98.0 Å². The van der Waals surface area contributed by atoms with Crippen molar-refractivity contribution in [2.45, 2.75) is 25.2 Å². The van der Waals surface area contributed by atoms with Gasteiger partial charge < -0.3 is 25.2 Å². The summed E-state index contributed by atoms with van der Waals surface area (Å²) >= 11 is 0. The first-order chi connectivity index (χ1) is 6.08. The van der Waals surface area contributed by atoms with E-state index in [9.17, 15) is 9.90 Å². The summed E-state index contributed by atoms with van der Waals surface area (Å²) in [5.74, 6) is -1.07. The van der Waals surface area contributed by atoms with Crippen molar-refractivity contribution in [2.75, 3.05) is 6.61 Å². The second kappa shape index (κ2) is 5.21. The highest BCUT2D eigenvalue weighted by molar-refractivity contribution is 5.56. The second-order valence-electron chi connectivity index (χ2n) is 2.53. The fourth-order valence-electron chi connectivity index (χ4n) is 0.696. The highest BCUT2D eigenvalue weighted by Crippen LogP contribution is 2.10. The molecule has 5 heteroatoms. The second-order valence-corrected chi connectivity index (χ2v) is 2.53. The number of carbonyl (C=O) groups is 1. The molecular weight excluding hydrogens is 164 g/mol. The maximum absolute atomic E-state index is 10.1. The van der Waals surface area contributed by atoms with Gasteiger partial charge in [0.15, 0.2) is 0 Å². The quantitative estimate of drug-likeness (QED) is 0.362. The molecule has 0 unspecified atom stereocenters. The zero-order valence-electron chi connectivity index (χ0n) is 7.50. The van der Waals surface area contributed by atoms with Crippen LogP contribution in [0.15, 0.2) is 0 Å². The summed E-state index contributed by atoms with van der Waals surface area (Å²) in [5, 5.41) is 35.6. The predicted octanol–water partition coefficient (Wildman–Crippen LogP) is -2.10. The average Bonchev–Trinajstić information content (AvgIpc) is 2.17. The van der Waals surface area contributed by atoms with Gasteiger partial charge in [-0.15, -0.1) is 0 Å². The molecule has 0 bridgehead atoms. The Morgan fingerprint density at radius 1 is 1.50 bits per heavy atom. The first-order valence-electron chi connectivity index (χ1n) is 4.18. The van der Waals surface area contributed by atoms with Gasteiger partial charge in [-0.1, -0.05) is 6.90 Å². The van der Waals surface area contributed by atoms with Gasteiger partial charge in [0.05, 0.1) is 12.7 Å². The Balaban J connectivity index is 4.29. The van der Waals surface area contributed by atoms with E-state index in [2.05, 4.69) is 0 Å². The molecular formula is C7H14O5. The van der Waals surface area contributed by atoms with Crippen LogP contribution in [-0.4, -0.2) is 51.6 Å². The molecule has 0 aromatic carbocycles. The minimum atomic E-state index is -1.49. The summed E-state index contributed by atoms with van der Waals surface area (Å²) in [6.07, 6.45) is -4.21. The Morgan fingerprint density at radius 2 is 2.08 bits per heavy atom. The van der Waals surface area contributed by atoms with Crippen molar-refractivity contribution in [2.24, 2.45) is 5.92 Å². The summed E-state index contributed by atoms with van der Waals surface area (Å²) in [6, 6.07) is 0. The summed E-state index contributed by atoms with van der Waals surface area (Å²) in [4.78, 5) is 10.1. The van der Waals surface area contributed by atoms with Crippen LogP contribution in [0.2, 0.25) is 0 Å². The van der Waals surface area contributed by atoms with E-state index in [0.29, 0.717) is 0 Å². The molecule has 0 rings (SSSR count). The van der Waals surface area contributed by atoms with Crippen molar-refractivity contribution in [1.29, 1.82) is 0 Å². The van der Waals surface area contributed by atoms with Gasteiger partial charge in [-0.2, -0.15) is 0 Å². The Morgan fingerprint density at radius 3 is 2.42 bits per heavy atom. The molecule has 0 aromatic heterocycles. The molecule has 0 heterocycles. The molecule has 0 saturated carbocycles. The van der Waals surface area contributed by atoms with Crippen LogP contribution in [0.1, 0.15) is 8.27 Å². The van der Waals surface area contributed by atoms with E-state index in [1.807, 2.05) is 0 Å². The van der Waals surface area contributed by atoms with E-state index >= 15 is 0 Å². The van der Waals surface area contributed by atoms with Crippen molar-refractivity contribution in [3.63, 3.8) is 0 Å². The number of aliphatic hydroxyl groups excluding tert-OH is 4. The summed E-state index contributed by atoms with van der Waals surface area (Å²) in [7, 11) is 0.